The Morgan fingerprint density at radius 2 is 1.20 bits per heavy atom. The largest absolute Gasteiger partial charge is 0.481 e. The zero-order valence-electron chi connectivity index (χ0n) is 34.9. The molecule has 0 radical (unpaired) electrons. The molecule has 6 aromatic rings. The van der Waals surface area contributed by atoms with Crippen molar-refractivity contribution in [2.24, 2.45) is 5.73 Å². The first-order valence-electron chi connectivity index (χ1n) is 20.1. The van der Waals surface area contributed by atoms with Crippen LogP contribution in [-0.2, 0) is 25.9 Å². The van der Waals surface area contributed by atoms with E-state index in [4.69, 9.17) is 31.9 Å². The summed E-state index contributed by atoms with van der Waals surface area (Å²) in [5, 5.41) is 22.3. The number of ether oxygens (including phenoxy) is 2. The molecule has 16 nitrogen and oxygen atoms in total. The van der Waals surface area contributed by atoms with Crippen LogP contribution in [0.1, 0.15) is 69.7 Å². The predicted octanol–water partition coefficient (Wildman–Crippen LogP) is 5.55. The molecule has 0 aliphatic carbocycles. The minimum atomic E-state index is -0.150. The lowest BCUT2D eigenvalue weighted by molar-refractivity contribution is 0.276. The number of aryl methyl sites for hydroxylation is 2. The number of aliphatic hydroxyl groups excluding tert-OH is 2. The molecule has 0 bridgehead atoms. The first kappa shape index (κ1) is 44.5. The van der Waals surface area contributed by atoms with Crippen LogP contribution in [0.3, 0.4) is 0 Å². The van der Waals surface area contributed by atoms with Crippen LogP contribution in [0.2, 0.25) is 5.15 Å². The third-order valence-electron chi connectivity index (χ3n) is 10.3. The van der Waals surface area contributed by atoms with Crippen molar-refractivity contribution in [2.45, 2.75) is 64.7 Å². The lowest BCUT2D eigenvalue weighted by Gasteiger charge is -2.31. The lowest BCUT2D eigenvalue weighted by atomic mass is 10.0. The average Bonchev–Trinajstić information content (AvgIpc) is 3.30. The Morgan fingerprint density at radius 1 is 0.656 bits per heavy atom. The van der Waals surface area contributed by atoms with Gasteiger partial charge in [-0.2, -0.15) is 0 Å². The van der Waals surface area contributed by atoms with E-state index >= 15 is 0 Å². The summed E-state index contributed by atoms with van der Waals surface area (Å²) in [7, 11) is 3.16. The van der Waals surface area contributed by atoms with Gasteiger partial charge in [0, 0.05) is 106 Å². The Hall–Kier alpha value is -6.07. The van der Waals surface area contributed by atoms with Crippen LogP contribution in [-0.4, -0.2) is 90.6 Å². The van der Waals surface area contributed by atoms with Gasteiger partial charge in [0.25, 0.3) is 0 Å². The molecule has 17 heteroatoms. The monoisotopic (exact) mass is 848 g/mol. The zero-order valence-corrected chi connectivity index (χ0v) is 35.7. The van der Waals surface area contributed by atoms with Gasteiger partial charge in [-0.3, -0.25) is 0 Å². The number of hydrogen-bond acceptors (Lipinski definition) is 16. The normalized spacial score (nSPS) is 13.9. The Morgan fingerprint density at radius 3 is 1.70 bits per heavy atom. The molecule has 5 N–H and O–H groups in total. The van der Waals surface area contributed by atoms with Gasteiger partial charge >= 0.3 is 0 Å². The summed E-state index contributed by atoms with van der Waals surface area (Å²) in [6.07, 6.45) is 13.1. The standard InChI is InChI=1S/C22H26N6O2.C13H13ClN4.C9H14N2O2/c1-15-3-5-20(23-11-15)28-9-7-19-17(13-28)22(26-14-25-19)27-18(8-10-29)16-4-6-21(30-2)24-12-16;1-9-2-3-12(15-6-9)18-5-4-11-10(7-18)13(14)17-8-16-11;1-13-9-3-2-7(6-11-9)8(10)4-5-12/h3-6,11-12,14,18,29H,7-10,13H2,1-2H3,(H,25,26,27);2-3,6,8H,4-5,7H2,1H3;2-3,6,8,12H,4-5,10H2,1H3/t18-;;8-/m1.1/s1. The van der Waals surface area contributed by atoms with Crippen molar-refractivity contribution < 1.29 is 19.7 Å². The van der Waals surface area contributed by atoms with Crippen molar-refractivity contribution in [3.8, 4) is 11.8 Å². The second-order valence-electron chi connectivity index (χ2n) is 14.6. The van der Waals surface area contributed by atoms with Crippen LogP contribution in [0, 0.1) is 13.8 Å². The van der Waals surface area contributed by atoms with E-state index in [-0.39, 0.29) is 25.3 Å². The van der Waals surface area contributed by atoms with Gasteiger partial charge in [0.15, 0.2) is 0 Å². The molecule has 2 aliphatic rings. The number of methoxy groups -OCH3 is 2. The Labute approximate surface area is 361 Å². The summed E-state index contributed by atoms with van der Waals surface area (Å²) in [5.74, 6) is 3.84. The number of nitrogens with one attached hydrogen (secondary N) is 1. The molecule has 2 atom stereocenters. The number of aromatic nitrogens is 8. The number of aliphatic hydroxyl groups is 2. The molecule has 0 fully saturated rings. The summed E-state index contributed by atoms with van der Waals surface area (Å²) < 4.78 is 10.1. The Bertz CT molecular complexity index is 2270. The van der Waals surface area contributed by atoms with E-state index in [1.54, 1.807) is 39.0 Å². The van der Waals surface area contributed by atoms with Crippen LogP contribution in [0.5, 0.6) is 11.8 Å². The number of nitrogens with two attached hydrogens (primary N) is 1. The SMILES string of the molecule is COc1ccc([C@@H](CCO)Nc2ncnc3c2CN(c2ccc(C)cn2)CC3)cn1.COc1ccc([C@H](N)CCO)cn1.Cc1ccc(N2CCc3ncnc(Cl)c3C2)nc1. The second kappa shape index (κ2) is 22.0. The van der Waals surface area contributed by atoms with Crippen molar-refractivity contribution in [3.05, 3.63) is 136 Å². The van der Waals surface area contributed by atoms with Gasteiger partial charge < -0.3 is 40.5 Å². The number of halogens is 1. The average molecular weight is 849 g/mol. The van der Waals surface area contributed by atoms with Crippen LogP contribution in [0.4, 0.5) is 17.5 Å². The highest BCUT2D eigenvalue weighted by molar-refractivity contribution is 6.30. The topological polar surface area (TPSA) is 207 Å². The first-order valence-corrected chi connectivity index (χ1v) is 20.5. The minimum absolute atomic E-state index is 0.0520. The van der Waals surface area contributed by atoms with E-state index in [1.807, 2.05) is 50.5 Å². The van der Waals surface area contributed by atoms with Gasteiger partial charge in [0.05, 0.1) is 31.6 Å². The van der Waals surface area contributed by atoms with E-state index in [0.717, 1.165) is 94.7 Å². The highest BCUT2D eigenvalue weighted by atomic mass is 35.5. The Kier molecular flexibility index (Phi) is 16.0. The molecule has 2 aliphatic heterocycles. The molecule has 0 saturated carbocycles. The Balaban J connectivity index is 0.000000170. The van der Waals surface area contributed by atoms with Gasteiger partial charge in [0.2, 0.25) is 11.8 Å². The summed E-state index contributed by atoms with van der Waals surface area (Å²) in [6.45, 7) is 7.40. The summed E-state index contributed by atoms with van der Waals surface area (Å²) in [6, 6.07) is 15.3. The maximum Gasteiger partial charge on any atom is 0.212 e. The molecule has 8 rings (SSSR count). The number of hydrogen-bond donors (Lipinski definition) is 4. The predicted molar refractivity (Wildman–Crippen MR) is 235 cm³/mol. The van der Waals surface area contributed by atoms with Crippen LogP contribution < -0.4 is 30.3 Å². The lowest BCUT2D eigenvalue weighted by Crippen LogP contribution is -2.32. The van der Waals surface area contributed by atoms with E-state index in [2.05, 4.69) is 73.2 Å². The van der Waals surface area contributed by atoms with Gasteiger partial charge in [-0.1, -0.05) is 35.9 Å². The van der Waals surface area contributed by atoms with Crippen molar-refractivity contribution in [2.75, 3.05) is 55.6 Å². The van der Waals surface area contributed by atoms with Crippen LogP contribution in [0.25, 0.3) is 0 Å². The minimum Gasteiger partial charge on any atom is -0.481 e. The second-order valence-corrected chi connectivity index (χ2v) is 14.9. The number of anilines is 3. The first-order chi connectivity index (χ1) is 29.7. The fraction of sp³-hybridized carbons (Fsp3) is 0.364. The molecule has 0 saturated heterocycles. The molecule has 0 aromatic carbocycles. The van der Waals surface area contributed by atoms with Gasteiger partial charge in [0.1, 0.15) is 35.3 Å². The van der Waals surface area contributed by atoms with Crippen LogP contribution >= 0.6 is 11.6 Å². The molecular weight excluding hydrogens is 796 g/mol. The highest BCUT2D eigenvalue weighted by Crippen LogP contribution is 2.30. The van der Waals surface area contributed by atoms with Crippen molar-refractivity contribution in [1.82, 2.24) is 39.9 Å². The van der Waals surface area contributed by atoms with Gasteiger partial charge in [-0.05, 0) is 61.1 Å². The van der Waals surface area contributed by atoms with Crippen molar-refractivity contribution in [3.63, 3.8) is 0 Å². The quantitative estimate of drug-likeness (QED) is 0.111. The molecule has 0 unspecified atom stereocenters. The van der Waals surface area contributed by atoms with Gasteiger partial charge in [-0.15, -0.1) is 0 Å². The third kappa shape index (κ3) is 12.0. The molecule has 0 amide bonds. The van der Waals surface area contributed by atoms with E-state index in [9.17, 15) is 5.11 Å². The van der Waals surface area contributed by atoms with E-state index in [0.29, 0.717) is 36.3 Å². The molecule has 61 heavy (non-hydrogen) atoms. The highest BCUT2D eigenvalue weighted by Gasteiger charge is 2.24. The van der Waals surface area contributed by atoms with Gasteiger partial charge in [-0.25, -0.2) is 39.9 Å². The fourth-order valence-corrected chi connectivity index (χ4v) is 7.04. The van der Waals surface area contributed by atoms with Crippen LogP contribution in [0.15, 0.2) is 86.0 Å². The number of rotatable bonds is 12. The zero-order chi connectivity index (χ0) is 43.1. The number of pyridine rings is 4. The smallest absolute Gasteiger partial charge is 0.212 e. The summed E-state index contributed by atoms with van der Waals surface area (Å²) >= 11 is 6.12. The molecular formula is C44H53ClN12O4. The van der Waals surface area contributed by atoms with Crippen molar-refractivity contribution >= 4 is 29.1 Å². The molecule has 8 heterocycles. The van der Waals surface area contributed by atoms with E-state index in [1.165, 1.54) is 6.33 Å². The van der Waals surface area contributed by atoms with Crippen molar-refractivity contribution in [1.29, 1.82) is 0 Å². The molecule has 0 spiro atoms. The summed E-state index contributed by atoms with van der Waals surface area (Å²) in [5.41, 5.74) is 14.1. The number of nitrogens with zero attached hydrogens (tertiary/aromatic N) is 10. The molecule has 320 valence electrons. The van der Waals surface area contributed by atoms with E-state index < -0.39 is 0 Å². The fourth-order valence-electron chi connectivity index (χ4n) is 6.83. The third-order valence-corrected chi connectivity index (χ3v) is 10.7. The maximum absolute atomic E-state index is 9.59. The maximum atomic E-state index is 9.59. The summed E-state index contributed by atoms with van der Waals surface area (Å²) in [4.78, 5) is 39.1. The number of fused-ring (bicyclic) bond motifs is 2. The molecule has 6 aromatic heterocycles.